The van der Waals surface area contributed by atoms with Gasteiger partial charge in [0, 0.05) is 12.6 Å². The predicted molar refractivity (Wildman–Crippen MR) is 68.6 cm³/mol. The monoisotopic (exact) mass is 271 g/mol. The number of rotatable bonds is 6. The summed E-state index contributed by atoms with van der Waals surface area (Å²) >= 11 is 0. The molecule has 0 saturated carbocycles. The van der Waals surface area contributed by atoms with Gasteiger partial charge in [0.05, 0.1) is 6.61 Å². The molecule has 0 aromatic heterocycles. The zero-order valence-corrected chi connectivity index (χ0v) is 10.8. The molecule has 0 radical (unpaired) electrons. The average Bonchev–Trinajstić information content (AvgIpc) is 2.41. The van der Waals surface area contributed by atoms with Gasteiger partial charge in [-0.3, -0.25) is 0 Å². The van der Waals surface area contributed by atoms with Crippen molar-refractivity contribution in [1.82, 2.24) is 5.32 Å². The smallest absolute Gasteiger partial charge is 0.387 e. The van der Waals surface area contributed by atoms with Crippen LogP contribution in [0.3, 0.4) is 0 Å². The molecule has 0 amide bonds. The Kier molecular flexibility index (Phi) is 5.54. The van der Waals surface area contributed by atoms with Crippen molar-refractivity contribution in [1.29, 1.82) is 0 Å². The predicted octanol–water partition coefficient (Wildman–Crippen LogP) is 2.60. The minimum absolute atomic E-state index is 0.263. The third kappa shape index (κ3) is 4.76. The van der Waals surface area contributed by atoms with Crippen molar-refractivity contribution in [2.24, 2.45) is 0 Å². The summed E-state index contributed by atoms with van der Waals surface area (Å²) in [4.78, 5) is 0. The van der Waals surface area contributed by atoms with Gasteiger partial charge >= 0.3 is 6.61 Å². The van der Waals surface area contributed by atoms with Gasteiger partial charge in [0.2, 0.25) is 0 Å². The molecule has 2 rings (SSSR count). The molecule has 0 aliphatic carbocycles. The summed E-state index contributed by atoms with van der Waals surface area (Å²) in [6, 6.07) is 7.29. The lowest BCUT2D eigenvalue weighted by Crippen LogP contribution is -2.37. The molecule has 0 bridgehead atoms. The molecule has 19 heavy (non-hydrogen) atoms. The molecule has 1 saturated heterocycles. The summed E-state index contributed by atoms with van der Waals surface area (Å²) in [5.74, 6) is 0.263. The van der Waals surface area contributed by atoms with Crippen LogP contribution in [0.25, 0.3) is 0 Å². The maximum atomic E-state index is 12.3. The van der Waals surface area contributed by atoms with E-state index >= 15 is 0 Å². The summed E-state index contributed by atoms with van der Waals surface area (Å²) in [6.07, 6.45) is 2.84. The normalized spacial score (nSPS) is 19.6. The highest BCUT2D eigenvalue weighted by Crippen LogP contribution is 2.20. The minimum atomic E-state index is -2.78. The highest BCUT2D eigenvalue weighted by molar-refractivity contribution is 5.33. The summed E-state index contributed by atoms with van der Waals surface area (Å²) in [6.45, 7) is -0.475. The average molecular weight is 271 g/mol. The van der Waals surface area contributed by atoms with Crippen LogP contribution in [-0.2, 0) is 11.2 Å². The first-order valence-electron chi connectivity index (χ1n) is 6.59. The Bertz CT molecular complexity index is 381. The lowest BCUT2D eigenvalue weighted by atomic mass is 10.1. The zero-order chi connectivity index (χ0) is 13.5. The van der Waals surface area contributed by atoms with Gasteiger partial charge in [-0.2, -0.15) is 8.78 Å². The van der Waals surface area contributed by atoms with E-state index in [1.165, 1.54) is 0 Å². The first-order chi connectivity index (χ1) is 9.25. The standard InChI is InChI=1S/C14H19F2NO2/c15-14(16)19-13-6-2-1-4-11(13)7-8-17-12-5-3-9-18-10-12/h1-2,4,6,12,14,17H,3,5,7-10H2. The lowest BCUT2D eigenvalue weighted by Gasteiger charge is -2.23. The maximum Gasteiger partial charge on any atom is 0.387 e. The Morgan fingerprint density at radius 2 is 2.21 bits per heavy atom. The SMILES string of the molecule is FC(F)Oc1ccccc1CCNC1CCCOC1. The van der Waals surface area contributed by atoms with Crippen LogP contribution < -0.4 is 10.1 Å². The number of ether oxygens (including phenoxy) is 2. The van der Waals surface area contributed by atoms with Gasteiger partial charge in [0.15, 0.2) is 0 Å². The molecule has 1 heterocycles. The molecule has 1 N–H and O–H groups in total. The van der Waals surface area contributed by atoms with Crippen LogP contribution in [-0.4, -0.2) is 32.4 Å². The van der Waals surface area contributed by atoms with E-state index in [1.54, 1.807) is 12.1 Å². The second-order valence-electron chi connectivity index (χ2n) is 4.60. The van der Waals surface area contributed by atoms with Gasteiger partial charge in [0.25, 0.3) is 0 Å². The highest BCUT2D eigenvalue weighted by Gasteiger charge is 2.13. The molecule has 1 aliphatic heterocycles. The first kappa shape index (κ1) is 14.2. The molecule has 1 aliphatic rings. The molecular formula is C14H19F2NO2. The van der Waals surface area contributed by atoms with E-state index in [1.807, 2.05) is 12.1 Å². The topological polar surface area (TPSA) is 30.5 Å². The van der Waals surface area contributed by atoms with Crippen molar-refractivity contribution >= 4 is 0 Å². The van der Waals surface area contributed by atoms with Crippen molar-refractivity contribution in [2.45, 2.75) is 31.9 Å². The maximum absolute atomic E-state index is 12.3. The second kappa shape index (κ2) is 7.40. The molecule has 1 fully saturated rings. The van der Waals surface area contributed by atoms with Crippen molar-refractivity contribution in [3.8, 4) is 5.75 Å². The van der Waals surface area contributed by atoms with Crippen molar-refractivity contribution in [3.05, 3.63) is 29.8 Å². The van der Waals surface area contributed by atoms with Crippen LogP contribution in [0.2, 0.25) is 0 Å². The number of hydrogen-bond donors (Lipinski definition) is 1. The van der Waals surface area contributed by atoms with Gasteiger partial charge in [-0.05, 0) is 37.4 Å². The molecule has 1 aromatic rings. The van der Waals surface area contributed by atoms with E-state index in [0.717, 1.165) is 38.2 Å². The Morgan fingerprint density at radius 3 is 2.95 bits per heavy atom. The van der Waals surface area contributed by atoms with Crippen LogP contribution in [0.15, 0.2) is 24.3 Å². The van der Waals surface area contributed by atoms with E-state index in [-0.39, 0.29) is 5.75 Å². The van der Waals surface area contributed by atoms with Gasteiger partial charge in [-0.1, -0.05) is 18.2 Å². The van der Waals surface area contributed by atoms with Crippen LogP contribution in [0.4, 0.5) is 8.78 Å². The fourth-order valence-electron chi connectivity index (χ4n) is 2.23. The fraction of sp³-hybridized carbons (Fsp3) is 0.571. The molecule has 1 aromatic carbocycles. The number of hydrogen-bond acceptors (Lipinski definition) is 3. The Morgan fingerprint density at radius 1 is 1.37 bits per heavy atom. The molecule has 106 valence electrons. The minimum Gasteiger partial charge on any atom is -0.435 e. The van der Waals surface area contributed by atoms with Gasteiger partial charge in [-0.15, -0.1) is 0 Å². The Labute approximate surface area is 111 Å². The van der Waals surface area contributed by atoms with Crippen LogP contribution >= 0.6 is 0 Å². The summed E-state index contributed by atoms with van der Waals surface area (Å²) in [5, 5.41) is 3.38. The number of nitrogens with one attached hydrogen (secondary N) is 1. The number of halogens is 2. The molecular weight excluding hydrogens is 252 g/mol. The summed E-state index contributed by atoms with van der Waals surface area (Å²) in [7, 11) is 0. The van der Waals surface area contributed by atoms with Crippen LogP contribution in [0.1, 0.15) is 18.4 Å². The lowest BCUT2D eigenvalue weighted by molar-refractivity contribution is -0.0504. The zero-order valence-electron chi connectivity index (χ0n) is 10.8. The van der Waals surface area contributed by atoms with Crippen LogP contribution in [0.5, 0.6) is 5.75 Å². The fourth-order valence-corrected chi connectivity index (χ4v) is 2.23. The first-order valence-corrected chi connectivity index (χ1v) is 6.59. The van der Waals surface area contributed by atoms with E-state index in [0.29, 0.717) is 12.5 Å². The summed E-state index contributed by atoms with van der Waals surface area (Å²) < 4.78 is 34.4. The van der Waals surface area contributed by atoms with E-state index in [9.17, 15) is 8.78 Å². The molecule has 0 spiro atoms. The van der Waals surface area contributed by atoms with Gasteiger partial charge in [-0.25, -0.2) is 0 Å². The Hall–Kier alpha value is -1.20. The third-order valence-electron chi connectivity index (χ3n) is 3.18. The molecule has 1 unspecified atom stereocenters. The number of benzene rings is 1. The van der Waals surface area contributed by atoms with Gasteiger partial charge in [0.1, 0.15) is 5.75 Å². The molecule has 3 nitrogen and oxygen atoms in total. The van der Waals surface area contributed by atoms with E-state index < -0.39 is 6.61 Å². The Balaban J connectivity index is 1.81. The molecule has 1 atom stereocenters. The second-order valence-corrected chi connectivity index (χ2v) is 4.60. The molecule has 5 heteroatoms. The number of alkyl halides is 2. The quantitative estimate of drug-likeness (QED) is 0.862. The third-order valence-corrected chi connectivity index (χ3v) is 3.18. The summed E-state index contributed by atoms with van der Waals surface area (Å²) in [5.41, 5.74) is 0.798. The largest absolute Gasteiger partial charge is 0.435 e. The van der Waals surface area contributed by atoms with Crippen molar-refractivity contribution < 1.29 is 18.3 Å². The van der Waals surface area contributed by atoms with E-state index in [2.05, 4.69) is 10.1 Å². The van der Waals surface area contributed by atoms with Crippen molar-refractivity contribution in [2.75, 3.05) is 19.8 Å². The highest BCUT2D eigenvalue weighted by atomic mass is 19.3. The van der Waals surface area contributed by atoms with Crippen molar-refractivity contribution in [3.63, 3.8) is 0 Å². The number of para-hydroxylation sites is 1. The van der Waals surface area contributed by atoms with Gasteiger partial charge < -0.3 is 14.8 Å². The van der Waals surface area contributed by atoms with E-state index in [4.69, 9.17) is 4.74 Å². The van der Waals surface area contributed by atoms with Crippen LogP contribution in [0, 0.1) is 0 Å².